The van der Waals surface area contributed by atoms with E-state index in [2.05, 4.69) is 0 Å². The summed E-state index contributed by atoms with van der Waals surface area (Å²) in [5, 5.41) is 15.3. The molecule has 70 valence electrons. The number of carboxylic acid groups (broad SMARTS) is 1. The molecule has 0 fully saturated rings. The van der Waals surface area contributed by atoms with Gasteiger partial charge < -0.3 is 16.6 Å². The molecule has 0 spiro atoms. The number of rotatable bonds is 5. The Balaban J connectivity index is 3.31. The van der Waals surface area contributed by atoms with Gasteiger partial charge in [-0.05, 0) is 12.8 Å². The number of hydrogen-bond acceptors (Lipinski definition) is 4. The van der Waals surface area contributed by atoms with Crippen LogP contribution < -0.4 is 11.5 Å². The summed E-state index contributed by atoms with van der Waals surface area (Å²) in [4.78, 5) is 10.2. The van der Waals surface area contributed by atoms with E-state index in [0.29, 0.717) is 18.6 Å². The van der Waals surface area contributed by atoms with Crippen LogP contribution in [0.25, 0.3) is 0 Å². The molecule has 12 heavy (non-hydrogen) atoms. The fourth-order valence-corrected chi connectivity index (χ4v) is 1.14. The molecule has 0 saturated heterocycles. The van der Waals surface area contributed by atoms with Crippen LogP contribution in [0.4, 0.5) is 0 Å². The average molecular weight is 191 g/mol. The van der Waals surface area contributed by atoms with Crippen LogP contribution in [-0.4, -0.2) is 28.0 Å². The minimum atomic E-state index is -0.983. The summed E-state index contributed by atoms with van der Waals surface area (Å²) in [6, 6.07) is -0.794. The summed E-state index contributed by atoms with van der Waals surface area (Å²) in [5.74, 6) is -0.334. The highest BCUT2D eigenvalue weighted by Gasteiger charge is 2.09. The van der Waals surface area contributed by atoms with Crippen molar-refractivity contribution in [2.75, 3.05) is 5.75 Å². The van der Waals surface area contributed by atoms with E-state index >= 15 is 0 Å². The number of thioether (sulfide) groups is 1. The number of nitrogens with two attached hydrogens (primary N) is 2. The molecule has 5 nitrogen and oxygen atoms in total. The summed E-state index contributed by atoms with van der Waals surface area (Å²) in [6.45, 7) is 0. The summed E-state index contributed by atoms with van der Waals surface area (Å²) < 4.78 is 0. The summed E-state index contributed by atoms with van der Waals surface area (Å²) in [6.07, 6.45) is 1.09. The first-order valence-electron chi connectivity index (χ1n) is 3.49. The molecule has 6 N–H and O–H groups in total. The first kappa shape index (κ1) is 11.2. The number of carboxylic acids is 1. The lowest BCUT2D eigenvalue weighted by molar-refractivity contribution is -0.138. The van der Waals surface area contributed by atoms with Crippen molar-refractivity contribution in [2.45, 2.75) is 18.9 Å². The molecule has 0 aliphatic rings. The lowest BCUT2D eigenvalue weighted by Gasteiger charge is -2.04. The molecule has 0 unspecified atom stereocenters. The number of hydrogen-bond donors (Lipinski definition) is 4. The average Bonchev–Trinajstić information content (AvgIpc) is 1.97. The Morgan fingerprint density at radius 2 is 2.25 bits per heavy atom. The highest BCUT2D eigenvalue weighted by atomic mass is 32.2. The van der Waals surface area contributed by atoms with Crippen LogP contribution in [0.1, 0.15) is 12.8 Å². The minimum Gasteiger partial charge on any atom is -0.480 e. The predicted molar refractivity (Wildman–Crippen MR) is 49.2 cm³/mol. The van der Waals surface area contributed by atoms with Gasteiger partial charge in [-0.3, -0.25) is 10.2 Å². The molecular formula is C6H13N3O2S. The number of aliphatic carboxylic acids is 1. The molecule has 0 rings (SSSR count). The second-order valence-corrected chi connectivity index (χ2v) is 3.44. The van der Waals surface area contributed by atoms with Gasteiger partial charge in [0, 0.05) is 5.75 Å². The van der Waals surface area contributed by atoms with Crippen molar-refractivity contribution in [3.05, 3.63) is 0 Å². The van der Waals surface area contributed by atoms with Crippen molar-refractivity contribution in [1.29, 1.82) is 5.41 Å². The summed E-state index contributed by atoms with van der Waals surface area (Å²) >= 11 is 1.20. The quantitative estimate of drug-likeness (QED) is 0.273. The van der Waals surface area contributed by atoms with Crippen LogP contribution in [-0.2, 0) is 4.79 Å². The monoisotopic (exact) mass is 191 g/mol. The molecule has 0 aromatic carbocycles. The molecule has 6 heteroatoms. The number of nitrogens with one attached hydrogen (secondary N) is 1. The summed E-state index contributed by atoms with van der Waals surface area (Å²) in [7, 11) is 0. The highest BCUT2D eigenvalue weighted by Crippen LogP contribution is 2.04. The van der Waals surface area contributed by atoms with E-state index in [-0.39, 0.29) is 5.17 Å². The van der Waals surface area contributed by atoms with Gasteiger partial charge in [-0.1, -0.05) is 11.8 Å². The molecule has 0 radical (unpaired) electrons. The van der Waals surface area contributed by atoms with Crippen LogP contribution >= 0.6 is 11.8 Å². The van der Waals surface area contributed by atoms with Gasteiger partial charge in [-0.2, -0.15) is 0 Å². The van der Waals surface area contributed by atoms with Crippen molar-refractivity contribution < 1.29 is 9.90 Å². The van der Waals surface area contributed by atoms with E-state index in [9.17, 15) is 4.79 Å². The zero-order valence-electron chi connectivity index (χ0n) is 6.62. The molecule has 0 saturated carbocycles. The molecule has 1 atom stereocenters. The Labute approximate surface area is 75.0 Å². The van der Waals surface area contributed by atoms with Gasteiger partial charge in [0.1, 0.15) is 6.04 Å². The Morgan fingerprint density at radius 3 is 2.67 bits per heavy atom. The van der Waals surface area contributed by atoms with Gasteiger partial charge in [0.15, 0.2) is 5.17 Å². The second kappa shape index (κ2) is 5.84. The fourth-order valence-electron chi connectivity index (χ4n) is 0.609. The van der Waals surface area contributed by atoms with Gasteiger partial charge in [-0.15, -0.1) is 0 Å². The van der Waals surface area contributed by atoms with Gasteiger partial charge in [-0.25, -0.2) is 0 Å². The van der Waals surface area contributed by atoms with Crippen molar-refractivity contribution in [3.63, 3.8) is 0 Å². The van der Waals surface area contributed by atoms with Crippen molar-refractivity contribution >= 4 is 22.9 Å². The van der Waals surface area contributed by atoms with E-state index < -0.39 is 12.0 Å². The van der Waals surface area contributed by atoms with E-state index in [1.54, 1.807) is 0 Å². The van der Waals surface area contributed by atoms with Crippen LogP contribution in [0.5, 0.6) is 0 Å². The zero-order chi connectivity index (χ0) is 9.56. The highest BCUT2D eigenvalue weighted by molar-refractivity contribution is 8.13. The third-order valence-corrected chi connectivity index (χ3v) is 2.04. The molecule has 0 bridgehead atoms. The van der Waals surface area contributed by atoms with Crippen molar-refractivity contribution in [2.24, 2.45) is 11.5 Å². The molecule has 0 aromatic heterocycles. The summed E-state index contributed by atoms with van der Waals surface area (Å²) in [5.41, 5.74) is 10.3. The zero-order valence-corrected chi connectivity index (χ0v) is 7.43. The number of amidine groups is 1. The smallest absolute Gasteiger partial charge is 0.320 e. The van der Waals surface area contributed by atoms with Gasteiger partial charge >= 0.3 is 5.97 Å². The maximum absolute atomic E-state index is 10.2. The minimum absolute atomic E-state index is 0.0545. The molecule has 0 aromatic rings. The Hall–Kier alpha value is -0.750. The van der Waals surface area contributed by atoms with Crippen LogP contribution in [0.2, 0.25) is 0 Å². The standard InChI is InChI=1S/C6H13N3O2S/c7-4(5(10)11)2-1-3-12-6(8)9/h4H,1-3,7H2,(H3,8,9)(H,10,11)/t4-/m0/s1. The van der Waals surface area contributed by atoms with Crippen LogP contribution in [0, 0.1) is 5.41 Å². The van der Waals surface area contributed by atoms with Crippen molar-refractivity contribution in [3.8, 4) is 0 Å². The van der Waals surface area contributed by atoms with Crippen LogP contribution in [0.15, 0.2) is 0 Å². The Kier molecular flexibility index (Phi) is 5.48. The Bertz CT molecular complexity index is 174. The molecular weight excluding hydrogens is 178 g/mol. The number of carbonyl (C=O) groups is 1. The largest absolute Gasteiger partial charge is 0.480 e. The van der Waals surface area contributed by atoms with E-state index in [1.165, 1.54) is 11.8 Å². The van der Waals surface area contributed by atoms with E-state index in [1.807, 2.05) is 0 Å². The molecule has 0 amide bonds. The Morgan fingerprint density at radius 1 is 1.67 bits per heavy atom. The molecule has 0 aliphatic carbocycles. The third-order valence-electron chi connectivity index (χ3n) is 1.23. The predicted octanol–water partition coefficient (Wildman–Crippen LogP) is -0.195. The lowest BCUT2D eigenvalue weighted by atomic mass is 10.2. The van der Waals surface area contributed by atoms with Crippen LogP contribution in [0.3, 0.4) is 0 Å². The maximum atomic E-state index is 10.2. The van der Waals surface area contributed by atoms with E-state index in [4.69, 9.17) is 22.0 Å². The SMILES string of the molecule is N=C(N)SCCC[C@H](N)C(=O)O. The lowest BCUT2D eigenvalue weighted by Crippen LogP contribution is -2.29. The van der Waals surface area contributed by atoms with Crippen molar-refractivity contribution in [1.82, 2.24) is 0 Å². The second-order valence-electron chi connectivity index (χ2n) is 2.30. The maximum Gasteiger partial charge on any atom is 0.320 e. The first-order valence-corrected chi connectivity index (χ1v) is 4.48. The van der Waals surface area contributed by atoms with Gasteiger partial charge in [0.25, 0.3) is 0 Å². The third kappa shape index (κ3) is 5.99. The normalized spacial score (nSPS) is 12.4. The fraction of sp³-hybridized carbons (Fsp3) is 0.667. The topological polar surface area (TPSA) is 113 Å². The van der Waals surface area contributed by atoms with E-state index in [0.717, 1.165) is 0 Å². The van der Waals surface area contributed by atoms with Gasteiger partial charge in [0.2, 0.25) is 0 Å². The van der Waals surface area contributed by atoms with Gasteiger partial charge in [0.05, 0.1) is 0 Å². The molecule has 0 heterocycles. The molecule has 0 aliphatic heterocycles. The first-order chi connectivity index (χ1) is 5.54.